The summed E-state index contributed by atoms with van der Waals surface area (Å²) in [5.74, 6) is 1.07. The molecule has 0 aromatic heterocycles. The van der Waals surface area contributed by atoms with Crippen LogP contribution < -0.4 is 4.74 Å². The molecule has 0 spiro atoms. The Balaban J connectivity index is 2.48. The van der Waals surface area contributed by atoms with Crippen molar-refractivity contribution in [1.82, 2.24) is 0 Å². The van der Waals surface area contributed by atoms with Crippen LogP contribution in [0.15, 0.2) is 12.1 Å². The van der Waals surface area contributed by atoms with Gasteiger partial charge in [0.1, 0.15) is 5.75 Å². The molecule has 0 aliphatic carbocycles. The molecule has 16 heavy (non-hydrogen) atoms. The van der Waals surface area contributed by atoms with Crippen LogP contribution in [0.3, 0.4) is 0 Å². The molecule has 0 fully saturated rings. The van der Waals surface area contributed by atoms with Crippen LogP contribution in [-0.4, -0.2) is 11.9 Å². The maximum Gasteiger partial charge on any atom is 0.126 e. The summed E-state index contributed by atoms with van der Waals surface area (Å²) in [5, 5.41) is 1.81. The fourth-order valence-corrected chi connectivity index (χ4v) is 3.37. The highest BCUT2D eigenvalue weighted by Gasteiger charge is 2.28. The molecule has 1 aromatic carbocycles. The first-order valence-corrected chi connectivity index (χ1v) is 7.06. The Morgan fingerprint density at radius 2 is 2.19 bits per heavy atom. The lowest BCUT2D eigenvalue weighted by Crippen LogP contribution is -2.18. The van der Waals surface area contributed by atoms with Crippen molar-refractivity contribution in [2.24, 2.45) is 0 Å². The van der Waals surface area contributed by atoms with E-state index in [2.05, 4.69) is 29.8 Å². The maximum atomic E-state index is 6.17. The first-order valence-electron chi connectivity index (χ1n) is 5.56. The Labute approximate surface area is 110 Å². The van der Waals surface area contributed by atoms with Crippen LogP contribution in [0, 0.1) is 0 Å². The van der Waals surface area contributed by atoms with E-state index in [0.29, 0.717) is 0 Å². The molecule has 0 bridgehead atoms. The molecule has 1 nitrogen and oxygen atoms in total. The Hall–Kier alpha value is -0.210. The van der Waals surface area contributed by atoms with Crippen molar-refractivity contribution in [3.63, 3.8) is 0 Å². The van der Waals surface area contributed by atoms with E-state index in [-0.39, 0.29) is 5.41 Å². The average molecular weight is 304 g/mol. The number of ether oxygens (including phenoxy) is 1. The lowest BCUT2D eigenvalue weighted by Gasteiger charge is -2.26. The number of hydrogen-bond acceptors (Lipinski definition) is 1. The highest BCUT2D eigenvalue weighted by Crippen LogP contribution is 2.41. The predicted molar refractivity (Wildman–Crippen MR) is 72.1 cm³/mol. The SMILES string of the molecule is CC(C)(CCBr)c1cc(Cl)cc2c1OCC2. The molecule has 0 saturated heterocycles. The van der Waals surface area contributed by atoms with E-state index < -0.39 is 0 Å². The second-order valence-electron chi connectivity index (χ2n) is 4.86. The lowest BCUT2D eigenvalue weighted by atomic mass is 9.81. The van der Waals surface area contributed by atoms with Gasteiger partial charge in [-0.2, -0.15) is 0 Å². The minimum atomic E-state index is 0.100. The molecular formula is C13H16BrClO. The van der Waals surface area contributed by atoms with Gasteiger partial charge in [0.25, 0.3) is 0 Å². The van der Waals surface area contributed by atoms with Crippen LogP contribution in [0.5, 0.6) is 5.75 Å². The third kappa shape index (κ3) is 2.23. The van der Waals surface area contributed by atoms with E-state index in [1.807, 2.05) is 12.1 Å². The second kappa shape index (κ2) is 4.58. The van der Waals surface area contributed by atoms with Crippen molar-refractivity contribution in [3.05, 3.63) is 28.3 Å². The third-order valence-electron chi connectivity index (χ3n) is 3.20. The van der Waals surface area contributed by atoms with Gasteiger partial charge in [-0.3, -0.25) is 0 Å². The van der Waals surface area contributed by atoms with E-state index in [4.69, 9.17) is 16.3 Å². The van der Waals surface area contributed by atoms with Crippen molar-refractivity contribution >= 4 is 27.5 Å². The van der Waals surface area contributed by atoms with Gasteiger partial charge in [0, 0.05) is 22.3 Å². The number of alkyl halides is 1. The molecule has 1 aliphatic rings. The van der Waals surface area contributed by atoms with Crippen LogP contribution in [-0.2, 0) is 11.8 Å². The Morgan fingerprint density at radius 1 is 1.44 bits per heavy atom. The summed E-state index contributed by atoms with van der Waals surface area (Å²) in [7, 11) is 0. The lowest BCUT2D eigenvalue weighted by molar-refractivity contribution is 0.343. The van der Waals surface area contributed by atoms with E-state index in [1.165, 1.54) is 11.1 Å². The number of benzene rings is 1. The molecule has 0 unspecified atom stereocenters. The average Bonchev–Trinajstić information content (AvgIpc) is 2.63. The van der Waals surface area contributed by atoms with Crippen LogP contribution in [0.1, 0.15) is 31.4 Å². The minimum absolute atomic E-state index is 0.100. The topological polar surface area (TPSA) is 9.23 Å². The number of rotatable bonds is 3. The van der Waals surface area contributed by atoms with E-state index in [0.717, 1.165) is 35.6 Å². The first kappa shape index (κ1) is 12.3. The van der Waals surface area contributed by atoms with Gasteiger partial charge in [0.2, 0.25) is 0 Å². The van der Waals surface area contributed by atoms with Gasteiger partial charge >= 0.3 is 0 Å². The number of hydrogen-bond donors (Lipinski definition) is 0. The molecule has 88 valence electrons. The van der Waals surface area contributed by atoms with Crippen molar-refractivity contribution in [3.8, 4) is 5.75 Å². The van der Waals surface area contributed by atoms with Crippen molar-refractivity contribution in [1.29, 1.82) is 0 Å². The number of fused-ring (bicyclic) bond motifs is 1. The van der Waals surface area contributed by atoms with Crippen LogP contribution in [0.2, 0.25) is 5.02 Å². The fraction of sp³-hybridized carbons (Fsp3) is 0.538. The highest BCUT2D eigenvalue weighted by atomic mass is 79.9. The first-order chi connectivity index (χ1) is 7.54. The largest absolute Gasteiger partial charge is 0.493 e. The van der Waals surface area contributed by atoms with E-state index in [1.54, 1.807) is 0 Å². The Bertz CT molecular complexity index is 401. The van der Waals surface area contributed by atoms with Gasteiger partial charge in [0.15, 0.2) is 0 Å². The zero-order valence-corrected chi connectivity index (χ0v) is 12.0. The van der Waals surface area contributed by atoms with Gasteiger partial charge in [0.05, 0.1) is 6.61 Å². The van der Waals surface area contributed by atoms with E-state index in [9.17, 15) is 0 Å². The van der Waals surface area contributed by atoms with Crippen molar-refractivity contribution < 1.29 is 4.74 Å². The molecule has 0 radical (unpaired) electrons. The van der Waals surface area contributed by atoms with Gasteiger partial charge in [-0.15, -0.1) is 0 Å². The summed E-state index contributed by atoms with van der Waals surface area (Å²) < 4.78 is 5.74. The Morgan fingerprint density at radius 3 is 2.88 bits per heavy atom. The molecule has 0 saturated carbocycles. The maximum absolute atomic E-state index is 6.17. The van der Waals surface area contributed by atoms with Gasteiger partial charge in [-0.05, 0) is 29.5 Å². The summed E-state index contributed by atoms with van der Waals surface area (Å²) >= 11 is 9.68. The summed E-state index contributed by atoms with van der Waals surface area (Å²) in [6.45, 7) is 5.26. The second-order valence-corrected chi connectivity index (χ2v) is 6.09. The monoisotopic (exact) mass is 302 g/mol. The molecule has 0 amide bonds. The van der Waals surface area contributed by atoms with Crippen molar-refractivity contribution in [2.45, 2.75) is 32.1 Å². The molecule has 1 heterocycles. The highest BCUT2D eigenvalue weighted by molar-refractivity contribution is 9.09. The standard InChI is InChI=1S/C13H16BrClO/c1-13(2,4-5-14)11-8-10(15)7-9-3-6-16-12(9)11/h7-8H,3-6H2,1-2H3. The molecule has 1 aromatic rings. The molecule has 1 aliphatic heterocycles. The Kier molecular flexibility index (Phi) is 3.50. The van der Waals surface area contributed by atoms with E-state index >= 15 is 0 Å². The van der Waals surface area contributed by atoms with Gasteiger partial charge in [-0.25, -0.2) is 0 Å². The van der Waals surface area contributed by atoms with Crippen molar-refractivity contribution in [2.75, 3.05) is 11.9 Å². The summed E-state index contributed by atoms with van der Waals surface area (Å²) in [5.41, 5.74) is 2.60. The predicted octanol–water partition coefficient (Wildman–Crippen LogP) is 4.34. The summed E-state index contributed by atoms with van der Waals surface area (Å²) in [4.78, 5) is 0. The van der Waals surface area contributed by atoms with Crippen LogP contribution in [0.25, 0.3) is 0 Å². The number of halogens is 2. The minimum Gasteiger partial charge on any atom is -0.493 e. The van der Waals surface area contributed by atoms with Gasteiger partial charge < -0.3 is 4.74 Å². The molecular weight excluding hydrogens is 287 g/mol. The quantitative estimate of drug-likeness (QED) is 0.755. The normalized spacial score (nSPS) is 14.8. The zero-order chi connectivity index (χ0) is 11.8. The summed E-state index contributed by atoms with van der Waals surface area (Å²) in [6, 6.07) is 4.08. The molecule has 3 heteroatoms. The third-order valence-corrected chi connectivity index (χ3v) is 3.81. The zero-order valence-electron chi connectivity index (χ0n) is 9.65. The molecule has 2 rings (SSSR count). The molecule has 0 N–H and O–H groups in total. The summed E-state index contributed by atoms with van der Waals surface area (Å²) in [6.07, 6.45) is 2.05. The molecule has 0 atom stereocenters. The smallest absolute Gasteiger partial charge is 0.126 e. The van der Waals surface area contributed by atoms with Gasteiger partial charge in [-0.1, -0.05) is 41.4 Å². The van der Waals surface area contributed by atoms with Crippen LogP contribution in [0.4, 0.5) is 0 Å². The van der Waals surface area contributed by atoms with Crippen LogP contribution >= 0.6 is 27.5 Å². The fourth-order valence-electron chi connectivity index (χ4n) is 2.14.